The summed E-state index contributed by atoms with van der Waals surface area (Å²) >= 11 is 0. The monoisotopic (exact) mass is 264 g/mol. The number of carbonyl (C=O) groups is 1. The Morgan fingerprint density at radius 1 is 1.32 bits per heavy atom. The normalized spacial score (nSPS) is 9.89. The third-order valence-electron chi connectivity index (χ3n) is 2.73. The summed E-state index contributed by atoms with van der Waals surface area (Å²) in [6.07, 6.45) is 3.60. The van der Waals surface area contributed by atoms with Crippen molar-refractivity contribution in [2.75, 3.05) is 11.9 Å². The second-order valence-corrected chi connectivity index (χ2v) is 4.29. The van der Waals surface area contributed by atoms with Crippen LogP contribution >= 0.6 is 0 Å². The number of carboxylic acids is 1. The lowest BCUT2D eigenvalue weighted by molar-refractivity contribution is -0.137. The van der Waals surface area contributed by atoms with E-state index in [1.165, 1.54) is 12.1 Å². The van der Waals surface area contributed by atoms with Crippen LogP contribution in [0.15, 0.2) is 18.2 Å². The van der Waals surface area contributed by atoms with Gasteiger partial charge in [0.1, 0.15) is 11.9 Å². The molecule has 0 heterocycles. The highest BCUT2D eigenvalue weighted by atomic mass is 19.1. The molecule has 2 N–H and O–H groups in total. The number of nitrogens with zero attached hydrogens (tertiary/aromatic N) is 1. The van der Waals surface area contributed by atoms with E-state index in [9.17, 15) is 9.18 Å². The van der Waals surface area contributed by atoms with Crippen LogP contribution in [0.2, 0.25) is 0 Å². The third-order valence-corrected chi connectivity index (χ3v) is 2.73. The number of carboxylic acid groups (broad SMARTS) is 1. The topological polar surface area (TPSA) is 73.1 Å². The summed E-state index contributed by atoms with van der Waals surface area (Å²) in [7, 11) is 0. The molecule has 0 unspecified atom stereocenters. The number of rotatable bonds is 8. The zero-order valence-electron chi connectivity index (χ0n) is 10.7. The van der Waals surface area contributed by atoms with Gasteiger partial charge in [-0.2, -0.15) is 5.26 Å². The van der Waals surface area contributed by atoms with E-state index >= 15 is 0 Å². The fourth-order valence-electron chi connectivity index (χ4n) is 1.74. The van der Waals surface area contributed by atoms with Crippen molar-refractivity contribution in [2.45, 2.75) is 32.1 Å². The van der Waals surface area contributed by atoms with Gasteiger partial charge in [-0.15, -0.1) is 0 Å². The molecule has 102 valence electrons. The molecule has 19 heavy (non-hydrogen) atoms. The maximum atomic E-state index is 12.9. The van der Waals surface area contributed by atoms with E-state index in [4.69, 9.17) is 10.4 Å². The number of nitrogens with one attached hydrogen (secondary N) is 1. The number of unbranched alkanes of at least 4 members (excludes halogenated alkanes) is 3. The zero-order valence-corrected chi connectivity index (χ0v) is 10.7. The molecule has 0 aliphatic carbocycles. The maximum absolute atomic E-state index is 12.9. The molecule has 0 aliphatic heterocycles. The van der Waals surface area contributed by atoms with Crippen LogP contribution in [0, 0.1) is 17.1 Å². The van der Waals surface area contributed by atoms with E-state index in [1.807, 2.05) is 6.07 Å². The Balaban J connectivity index is 2.23. The fraction of sp³-hybridized carbons (Fsp3) is 0.429. The van der Waals surface area contributed by atoms with Crippen molar-refractivity contribution in [3.05, 3.63) is 29.6 Å². The minimum absolute atomic E-state index is 0.212. The van der Waals surface area contributed by atoms with E-state index in [0.29, 0.717) is 24.2 Å². The number of anilines is 1. The molecule has 0 amide bonds. The maximum Gasteiger partial charge on any atom is 0.303 e. The largest absolute Gasteiger partial charge is 0.481 e. The summed E-state index contributed by atoms with van der Waals surface area (Å²) in [6.45, 7) is 0.688. The zero-order chi connectivity index (χ0) is 14.1. The fourth-order valence-corrected chi connectivity index (χ4v) is 1.74. The quantitative estimate of drug-likeness (QED) is 0.707. The first-order valence-corrected chi connectivity index (χ1v) is 6.29. The summed E-state index contributed by atoms with van der Waals surface area (Å²) in [5.41, 5.74) is 0.931. The average Bonchev–Trinajstić information content (AvgIpc) is 2.38. The van der Waals surface area contributed by atoms with Crippen LogP contribution in [0.1, 0.15) is 37.7 Å². The van der Waals surface area contributed by atoms with Gasteiger partial charge in [0, 0.05) is 13.0 Å². The van der Waals surface area contributed by atoms with Crippen molar-refractivity contribution >= 4 is 11.7 Å². The molecular formula is C14H17FN2O2. The van der Waals surface area contributed by atoms with Crippen molar-refractivity contribution in [3.8, 4) is 6.07 Å². The van der Waals surface area contributed by atoms with Gasteiger partial charge in [0.15, 0.2) is 0 Å². The van der Waals surface area contributed by atoms with Crippen molar-refractivity contribution in [1.82, 2.24) is 0 Å². The molecule has 1 aromatic rings. The summed E-state index contributed by atoms with van der Waals surface area (Å²) in [4.78, 5) is 10.3. The molecule has 1 rings (SSSR count). The molecule has 5 heteroatoms. The lowest BCUT2D eigenvalue weighted by Gasteiger charge is -2.07. The van der Waals surface area contributed by atoms with Gasteiger partial charge in [-0.25, -0.2) is 4.39 Å². The Kier molecular flexibility index (Phi) is 6.37. The van der Waals surface area contributed by atoms with Gasteiger partial charge in [-0.1, -0.05) is 12.8 Å². The molecule has 0 saturated heterocycles. The van der Waals surface area contributed by atoms with Crippen LogP contribution in [-0.4, -0.2) is 17.6 Å². The highest BCUT2D eigenvalue weighted by Crippen LogP contribution is 2.16. The second-order valence-electron chi connectivity index (χ2n) is 4.29. The Labute approximate surface area is 111 Å². The van der Waals surface area contributed by atoms with Gasteiger partial charge in [-0.05, 0) is 31.0 Å². The summed E-state index contributed by atoms with van der Waals surface area (Å²) in [5.74, 6) is -1.18. The molecule has 0 saturated carbocycles. The Morgan fingerprint density at radius 3 is 2.74 bits per heavy atom. The van der Waals surface area contributed by atoms with E-state index in [-0.39, 0.29) is 6.42 Å². The highest BCUT2D eigenvalue weighted by molar-refractivity contribution is 5.66. The number of nitriles is 1. The second kappa shape index (κ2) is 8.09. The Hall–Kier alpha value is -2.09. The average molecular weight is 264 g/mol. The van der Waals surface area contributed by atoms with Crippen molar-refractivity contribution in [2.24, 2.45) is 0 Å². The van der Waals surface area contributed by atoms with E-state index < -0.39 is 11.8 Å². The number of hydrogen-bond donors (Lipinski definition) is 2. The highest BCUT2D eigenvalue weighted by Gasteiger charge is 2.02. The molecule has 0 atom stereocenters. The standard InChI is InChI=1S/C14H17FN2O2/c15-12-6-7-13(11(9-12)10-16)17-8-4-2-1-3-5-14(18)19/h6-7,9,17H,1-5,8H2,(H,18,19). The summed E-state index contributed by atoms with van der Waals surface area (Å²) in [6, 6.07) is 6.02. The number of aliphatic carboxylic acids is 1. The van der Waals surface area contributed by atoms with Gasteiger partial charge < -0.3 is 10.4 Å². The van der Waals surface area contributed by atoms with Gasteiger partial charge in [-0.3, -0.25) is 4.79 Å². The number of benzene rings is 1. The van der Waals surface area contributed by atoms with E-state index in [2.05, 4.69) is 5.32 Å². The van der Waals surface area contributed by atoms with Crippen LogP contribution in [-0.2, 0) is 4.79 Å². The number of halogens is 1. The SMILES string of the molecule is N#Cc1cc(F)ccc1NCCCCCCC(=O)O. The Morgan fingerprint density at radius 2 is 2.05 bits per heavy atom. The van der Waals surface area contributed by atoms with Crippen LogP contribution in [0.25, 0.3) is 0 Å². The van der Waals surface area contributed by atoms with Crippen molar-refractivity contribution in [3.63, 3.8) is 0 Å². The summed E-state index contributed by atoms with van der Waals surface area (Å²) < 4.78 is 12.9. The lowest BCUT2D eigenvalue weighted by atomic mass is 10.1. The van der Waals surface area contributed by atoms with Crippen LogP contribution < -0.4 is 5.32 Å². The van der Waals surface area contributed by atoms with Crippen LogP contribution in [0.3, 0.4) is 0 Å². The molecule has 0 spiro atoms. The van der Waals surface area contributed by atoms with Gasteiger partial charge in [0.25, 0.3) is 0 Å². The van der Waals surface area contributed by atoms with Crippen LogP contribution in [0.4, 0.5) is 10.1 Å². The minimum Gasteiger partial charge on any atom is -0.481 e. The molecule has 1 aromatic carbocycles. The van der Waals surface area contributed by atoms with Gasteiger partial charge in [0.05, 0.1) is 11.3 Å². The van der Waals surface area contributed by atoms with E-state index in [1.54, 1.807) is 6.07 Å². The smallest absolute Gasteiger partial charge is 0.303 e. The molecule has 4 nitrogen and oxygen atoms in total. The molecule has 0 fully saturated rings. The minimum atomic E-state index is -0.761. The van der Waals surface area contributed by atoms with Gasteiger partial charge in [0.2, 0.25) is 0 Å². The van der Waals surface area contributed by atoms with Gasteiger partial charge >= 0.3 is 5.97 Å². The number of hydrogen-bond acceptors (Lipinski definition) is 3. The molecular weight excluding hydrogens is 247 g/mol. The molecule has 0 aliphatic rings. The first kappa shape index (κ1) is 15.0. The predicted molar refractivity (Wildman–Crippen MR) is 70.3 cm³/mol. The molecule has 0 bridgehead atoms. The van der Waals surface area contributed by atoms with Crippen molar-refractivity contribution in [1.29, 1.82) is 5.26 Å². The Bertz CT molecular complexity index is 469. The lowest BCUT2D eigenvalue weighted by Crippen LogP contribution is -2.03. The summed E-state index contributed by atoms with van der Waals surface area (Å²) in [5, 5.41) is 20.4. The van der Waals surface area contributed by atoms with Crippen LogP contribution in [0.5, 0.6) is 0 Å². The van der Waals surface area contributed by atoms with Crippen molar-refractivity contribution < 1.29 is 14.3 Å². The molecule has 0 radical (unpaired) electrons. The first-order chi connectivity index (χ1) is 9.13. The third kappa shape index (κ3) is 5.87. The predicted octanol–water partition coefficient (Wildman–Crippen LogP) is 3.14. The first-order valence-electron chi connectivity index (χ1n) is 6.29. The molecule has 0 aromatic heterocycles. The van der Waals surface area contributed by atoms with E-state index in [0.717, 1.165) is 19.3 Å².